The van der Waals surface area contributed by atoms with Gasteiger partial charge in [-0.05, 0) is 44.0 Å². The number of nitrogens with zero attached hydrogens (tertiary/aromatic N) is 3. The van der Waals surface area contributed by atoms with Crippen molar-refractivity contribution in [2.75, 3.05) is 18.0 Å². The van der Waals surface area contributed by atoms with Crippen LogP contribution in [0.25, 0.3) is 11.0 Å². The Kier molecular flexibility index (Phi) is 4.99. The summed E-state index contributed by atoms with van der Waals surface area (Å²) in [5.74, 6) is 1.80. The van der Waals surface area contributed by atoms with E-state index in [4.69, 9.17) is 11.6 Å². The number of aromatic amines is 1. The van der Waals surface area contributed by atoms with Gasteiger partial charge < -0.3 is 15.2 Å². The summed E-state index contributed by atoms with van der Waals surface area (Å²) < 4.78 is 0. The van der Waals surface area contributed by atoms with Crippen molar-refractivity contribution >= 4 is 34.4 Å². The number of aromatic nitrogens is 3. The average Bonchev–Trinajstić information content (AvgIpc) is 3.13. The lowest BCUT2D eigenvalue weighted by Gasteiger charge is -2.32. The van der Waals surface area contributed by atoms with Crippen molar-refractivity contribution in [3.63, 3.8) is 0 Å². The lowest BCUT2D eigenvalue weighted by Crippen LogP contribution is -2.41. The first kappa shape index (κ1) is 17.8. The molecule has 140 valence electrons. The topological polar surface area (TPSA) is 73.9 Å². The third-order valence-electron chi connectivity index (χ3n) is 5.08. The molecule has 0 spiro atoms. The van der Waals surface area contributed by atoms with Crippen molar-refractivity contribution in [2.45, 2.75) is 25.8 Å². The number of rotatable bonds is 4. The molecule has 1 fully saturated rings. The quantitative estimate of drug-likeness (QED) is 0.720. The number of fused-ring (bicyclic) bond motifs is 1. The molecule has 0 bridgehead atoms. The first-order valence-corrected chi connectivity index (χ1v) is 9.59. The highest BCUT2D eigenvalue weighted by Crippen LogP contribution is 2.24. The predicted octanol–water partition coefficient (Wildman–Crippen LogP) is 3.71. The molecular weight excluding hydrogens is 362 g/mol. The molecule has 2 N–H and O–H groups in total. The molecule has 3 aromatic rings. The maximum Gasteiger partial charge on any atom is 0.223 e. The van der Waals surface area contributed by atoms with Gasteiger partial charge in [-0.15, -0.1) is 0 Å². The summed E-state index contributed by atoms with van der Waals surface area (Å²) in [6, 6.07) is 11.5. The van der Waals surface area contributed by atoms with Crippen molar-refractivity contribution in [3.05, 3.63) is 53.4 Å². The van der Waals surface area contributed by atoms with E-state index in [9.17, 15) is 4.79 Å². The third kappa shape index (κ3) is 3.90. The van der Waals surface area contributed by atoms with Gasteiger partial charge in [-0.2, -0.15) is 0 Å². The van der Waals surface area contributed by atoms with Gasteiger partial charge in [0.1, 0.15) is 11.6 Å². The summed E-state index contributed by atoms with van der Waals surface area (Å²) in [6.07, 6.45) is 3.27. The molecule has 1 atom stereocenters. The van der Waals surface area contributed by atoms with Crippen LogP contribution in [0.5, 0.6) is 0 Å². The summed E-state index contributed by atoms with van der Waals surface area (Å²) >= 11 is 5.90. The van der Waals surface area contributed by atoms with E-state index in [0.717, 1.165) is 48.6 Å². The molecule has 4 rings (SSSR count). The second-order valence-corrected chi connectivity index (χ2v) is 7.40. The van der Waals surface area contributed by atoms with Crippen LogP contribution in [0.15, 0.2) is 42.6 Å². The van der Waals surface area contributed by atoms with Gasteiger partial charge in [-0.1, -0.05) is 23.7 Å². The molecule has 3 heterocycles. The van der Waals surface area contributed by atoms with E-state index >= 15 is 0 Å². The zero-order valence-electron chi connectivity index (χ0n) is 15.2. The van der Waals surface area contributed by atoms with E-state index in [-0.39, 0.29) is 17.9 Å². The van der Waals surface area contributed by atoms with E-state index in [1.54, 1.807) is 6.20 Å². The van der Waals surface area contributed by atoms with Crippen molar-refractivity contribution < 1.29 is 4.79 Å². The van der Waals surface area contributed by atoms with Gasteiger partial charge in [-0.3, -0.25) is 4.79 Å². The number of pyridine rings is 1. The number of piperidine rings is 1. The monoisotopic (exact) mass is 383 g/mol. The summed E-state index contributed by atoms with van der Waals surface area (Å²) in [7, 11) is 0. The number of carbonyl (C=O) groups is 1. The van der Waals surface area contributed by atoms with Crippen LogP contribution in [-0.4, -0.2) is 33.9 Å². The number of H-pyrrole nitrogens is 1. The minimum atomic E-state index is -0.152. The van der Waals surface area contributed by atoms with Crippen LogP contribution in [0.2, 0.25) is 5.02 Å². The van der Waals surface area contributed by atoms with Gasteiger partial charge in [0.15, 0.2) is 0 Å². The van der Waals surface area contributed by atoms with Crippen LogP contribution in [0, 0.1) is 5.92 Å². The smallest absolute Gasteiger partial charge is 0.223 e. The lowest BCUT2D eigenvalue weighted by molar-refractivity contribution is -0.126. The van der Waals surface area contributed by atoms with E-state index in [2.05, 4.69) is 25.2 Å². The summed E-state index contributed by atoms with van der Waals surface area (Å²) in [6.45, 7) is 3.58. The van der Waals surface area contributed by atoms with E-state index < -0.39 is 0 Å². The summed E-state index contributed by atoms with van der Waals surface area (Å²) in [4.78, 5) is 27.1. The van der Waals surface area contributed by atoms with E-state index in [1.807, 2.05) is 43.3 Å². The van der Waals surface area contributed by atoms with Crippen molar-refractivity contribution in [3.8, 4) is 0 Å². The van der Waals surface area contributed by atoms with E-state index in [0.29, 0.717) is 5.02 Å². The normalized spacial score (nSPS) is 16.4. The zero-order chi connectivity index (χ0) is 18.8. The Balaban J connectivity index is 1.34. The van der Waals surface area contributed by atoms with Crippen molar-refractivity contribution in [2.24, 2.45) is 5.92 Å². The number of carbonyl (C=O) groups excluding carboxylic acids is 1. The summed E-state index contributed by atoms with van der Waals surface area (Å²) in [5.41, 5.74) is 1.90. The van der Waals surface area contributed by atoms with Gasteiger partial charge >= 0.3 is 0 Å². The number of amides is 1. The maximum atomic E-state index is 12.7. The highest BCUT2D eigenvalue weighted by atomic mass is 35.5. The number of benzene rings is 1. The number of nitrogens with one attached hydrogen (secondary N) is 2. The SMILES string of the molecule is CC(NC(=O)C1CCN(c2ccc(Cl)cn2)CC1)c1nc2ccccc2[nH]1. The second kappa shape index (κ2) is 7.56. The lowest BCUT2D eigenvalue weighted by atomic mass is 9.95. The van der Waals surface area contributed by atoms with Crippen LogP contribution in [0.4, 0.5) is 5.82 Å². The number of anilines is 1. The van der Waals surface area contributed by atoms with Crippen LogP contribution in [-0.2, 0) is 4.79 Å². The second-order valence-electron chi connectivity index (χ2n) is 6.97. The molecule has 0 aliphatic carbocycles. The molecule has 1 aromatic carbocycles. The Hall–Kier alpha value is -2.60. The van der Waals surface area contributed by atoms with Gasteiger partial charge in [0.2, 0.25) is 5.91 Å². The summed E-state index contributed by atoms with van der Waals surface area (Å²) in [5, 5.41) is 3.74. The standard InChI is InChI=1S/C20H22ClN5O/c1-13(19-24-16-4-2-3-5-17(16)25-19)23-20(27)14-8-10-26(11-9-14)18-7-6-15(21)12-22-18/h2-7,12-14H,8-11H2,1H3,(H,23,27)(H,24,25). The first-order valence-electron chi connectivity index (χ1n) is 9.21. The Morgan fingerprint density at radius 1 is 1.26 bits per heavy atom. The van der Waals surface area contributed by atoms with Crippen LogP contribution in [0.1, 0.15) is 31.6 Å². The Morgan fingerprint density at radius 2 is 2.04 bits per heavy atom. The Morgan fingerprint density at radius 3 is 2.74 bits per heavy atom. The number of imidazole rings is 1. The van der Waals surface area contributed by atoms with Crippen molar-refractivity contribution in [1.82, 2.24) is 20.3 Å². The molecule has 0 radical (unpaired) electrons. The number of hydrogen-bond acceptors (Lipinski definition) is 4. The molecule has 1 aliphatic rings. The average molecular weight is 384 g/mol. The largest absolute Gasteiger partial charge is 0.357 e. The molecule has 6 nitrogen and oxygen atoms in total. The van der Waals surface area contributed by atoms with Crippen LogP contribution < -0.4 is 10.2 Å². The molecule has 2 aromatic heterocycles. The zero-order valence-corrected chi connectivity index (χ0v) is 15.9. The number of para-hydroxylation sites is 2. The van der Waals surface area contributed by atoms with Crippen LogP contribution in [0.3, 0.4) is 0 Å². The fourth-order valence-corrected chi connectivity index (χ4v) is 3.61. The predicted molar refractivity (Wildman–Crippen MR) is 107 cm³/mol. The minimum Gasteiger partial charge on any atom is -0.357 e. The molecule has 7 heteroatoms. The first-order chi connectivity index (χ1) is 13.1. The fraction of sp³-hybridized carbons (Fsp3) is 0.350. The van der Waals surface area contributed by atoms with Gasteiger partial charge in [0.05, 0.1) is 22.1 Å². The number of halogens is 1. The fourth-order valence-electron chi connectivity index (χ4n) is 3.50. The van der Waals surface area contributed by atoms with Gasteiger partial charge in [-0.25, -0.2) is 9.97 Å². The number of hydrogen-bond donors (Lipinski definition) is 2. The molecular formula is C20H22ClN5O. The third-order valence-corrected chi connectivity index (χ3v) is 5.30. The molecule has 27 heavy (non-hydrogen) atoms. The molecule has 0 saturated carbocycles. The highest BCUT2D eigenvalue weighted by molar-refractivity contribution is 6.30. The molecule has 1 amide bonds. The molecule has 1 aliphatic heterocycles. The minimum absolute atomic E-state index is 0.0142. The van der Waals surface area contributed by atoms with E-state index in [1.165, 1.54) is 0 Å². The molecule has 1 unspecified atom stereocenters. The van der Waals surface area contributed by atoms with Crippen LogP contribution >= 0.6 is 11.6 Å². The maximum absolute atomic E-state index is 12.7. The van der Waals surface area contributed by atoms with Gasteiger partial charge in [0.25, 0.3) is 0 Å². The Labute approximate surface area is 163 Å². The highest BCUT2D eigenvalue weighted by Gasteiger charge is 2.27. The Bertz CT molecular complexity index is 898. The van der Waals surface area contributed by atoms with Crippen molar-refractivity contribution in [1.29, 1.82) is 0 Å². The molecule has 1 saturated heterocycles. The van der Waals surface area contributed by atoms with Gasteiger partial charge in [0, 0.05) is 25.2 Å².